The molecule has 4 aromatic heterocycles. The van der Waals surface area contributed by atoms with Crippen LogP contribution in [-0.2, 0) is 0 Å². The molecule has 6 heteroatoms. The van der Waals surface area contributed by atoms with Gasteiger partial charge in [-0.1, -0.05) is 109 Å². The number of para-hydroxylation sites is 2. The first-order chi connectivity index (χ1) is 24.7. The Kier molecular flexibility index (Phi) is 5.85. The number of rotatable bonds is 3. The first-order valence-electron chi connectivity index (χ1n) is 16.5. The van der Waals surface area contributed by atoms with Gasteiger partial charge >= 0.3 is 0 Å². The highest BCUT2D eigenvalue weighted by atomic mass is 35.5. The molecular formula is C44H24ClN3OS. The fraction of sp³-hybridized carbons (Fsp3) is 0. The van der Waals surface area contributed by atoms with Crippen LogP contribution in [0.4, 0.5) is 0 Å². The molecule has 11 rings (SSSR count). The molecule has 0 saturated heterocycles. The third-order valence-corrected chi connectivity index (χ3v) is 11.3. The number of hydrogen-bond donors (Lipinski definition) is 0. The highest BCUT2D eigenvalue weighted by molar-refractivity contribution is 7.27. The normalized spacial score (nSPS) is 12.1. The summed E-state index contributed by atoms with van der Waals surface area (Å²) in [5, 5.41) is 8.30. The lowest BCUT2D eigenvalue weighted by Crippen LogP contribution is -2.00. The molecule has 0 unspecified atom stereocenters. The van der Waals surface area contributed by atoms with Crippen LogP contribution in [0.1, 0.15) is 0 Å². The number of hydrogen-bond acceptors (Lipinski definition) is 4. The summed E-state index contributed by atoms with van der Waals surface area (Å²) in [6.45, 7) is 0. The van der Waals surface area contributed by atoms with Crippen molar-refractivity contribution in [1.82, 2.24) is 14.5 Å². The number of halogens is 1. The molecule has 0 aliphatic heterocycles. The fourth-order valence-electron chi connectivity index (χ4n) is 7.79. The van der Waals surface area contributed by atoms with Crippen molar-refractivity contribution in [3.8, 4) is 28.1 Å². The molecule has 50 heavy (non-hydrogen) atoms. The van der Waals surface area contributed by atoms with E-state index in [9.17, 15) is 0 Å². The van der Waals surface area contributed by atoms with E-state index in [0.29, 0.717) is 16.9 Å². The summed E-state index contributed by atoms with van der Waals surface area (Å²) < 4.78 is 11.2. The molecule has 11 aromatic rings. The summed E-state index contributed by atoms with van der Waals surface area (Å²) in [5.41, 5.74) is 8.97. The van der Waals surface area contributed by atoms with Crippen molar-refractivity contribution in [2.24, 2.45) is 0 Å². The highest BCUT2D eigenvalue weighted by Crippen LogP contribution is 2.49. The molecule has 0 amide bonds. The molecule has 0 spiro atoms. The van der Waals surface area contributed by atoms with Crippen LogP contribution < -0.4 is 0 Å². The zero-order chi connectivity index (χ0) is 32.9. The lowest BCUT2D eigenvalue weighted by molar-refractivity contribution is 0.662. The highest BCUT2D eigenvalue weighted by Gasteiger charge is 2.25. The molecule has 0 bridgehead atoms. The van der Waals surface area contributed by atoms with Crippen LogP contribution in [0.25, 0.3) is 103 Å². The smallest absolute Gasteiger partial charge is 0.225 e. The van der Waals surface area contributed by atoms with Crippen molar-refractivity contribution in [1.29, 1.82) is 0 Å². The second-order valence-corrected chi connectivity index (χ2v) is 14.1. The van der Waals surface area contributed by atoms with Crippen molar-refractivity contribution in [2.75, 3.05) is 0 Å². The van der Waals surface area contributed by atoms with Crippen LogP contribution in [-0.4, -0.2) is 14.5 Å². The number of aromatic nitrogens is 3. The van der Waals surface area contributed by atoms with Gasteiger partial charge in [-0.25, -0.2) is 4.98 Å². The third-order valence-electron chi connectivity index (χ3n) is 9.93. The van der Waals surface area contributed by atoms with Crippen molar-refractivity contribution in [2.45, 2.75) is 0 Å². The molecule has 4 heterocycles. The van der Waals surface area contributed by atoms with E-state index < -0.39 is 0 Å². The maximum Gasteiger partial charge on any atom is 0.225 e. The number of fused-ring (bicyclic) bond motifs is 13. The summed E-state index contributed by atoms with van der Waals surface area (Å²) >= 11 is 8.55. The van der Waals surface area contributed by atoms with Gasteiger partial charge in [0, 0.05) is 31.6 Å². The minimum Gasteiger partial charge on any atom is -0.450 e. The lowest BCUT2D eigenvalue weighted by Gasteiger charge is -2.12. The molecular weight excluding hydrogens is 654 g/mol. The molecule has 234 valence electrons. The Balaban J connectivity index is 1.29. The Morgan fingerprint density at radius 2 is 1.24 bits per heavy atom. The molecule has 0 radical (unpaired) electrons. The zero-order valence-electron chi connectivity index (χ0n) is 26.4. The molecule has 0 fully saturated rings. The van der Waals surface area contributed by atoms with Gasteiger partial charge in [-0.2, -0.15) is 4.98 Å². The fourth-order valence-corrected chi connectivity index (χ4v) is 9.21. The Bertz CT molecular complexity index is 3170. The second kappa shape index (κ2) is 10.5. The molecule has 0 aliphatic carbocycles. The van der Waals surface area contributed by atoms with Crippen LogP contribution >= 0.6 is 22.9 Å². The van der Waals surface area contributed by atoms with E-state index >= 15 is 0 Å². The summed E-state index contributed by atoms with van der Waals surface area (Å²) in [6, 6.07) is 51.6. The minimum absolute atomic E-state index is 0.181. The molecule has 7 aromatic carbocycles. The van der Waals surface area contributed by atoms with Gasteiger partial charge in [0.25, 0.3) is 0 Å². The van der Waals surface area contributed by atoms with Gasteiger partial charge in [0.15, 0.2) is 11.4 Å². The maximum absolute atomic E-state index is 6.73. The largest absolute Gasteiger partial charge is 0.450 e. The second-order valence-electron chi connectivity index (χ2n) is 12.7. The molecule has 0 N–H and O–H groups in total. The van der Waals surface area contributed by atoms with E-state index in [0.717, 1.165) is 27.4 Å². The van der Waals surface area contributed by atoms with E-state index in [1.807, 2.05) is 35.6 Å². The van der Waals surface area contributed by atoms with Gasteiger partial charge in [0.2, 0.25) is 5.28 Å². The van der Waals surface area contributed by atoms with Crippen molar-refractivity contribution >= 4 is 97.8 Å². The van der Waals surface area contributed by atoms with Crippen LogP contribution in [0.15, 0.2) is 150 Å². The van der Waals surface area contributed by atoms with Crippen LogP contribution in [0.2, 0.25) is 5.28 Å². The van der Waals surface area contributed by atoms with Crippen LogP contribution in [0.5, 0.6) is 0 Å². The number of nitrogens with zero attached hydrogens (tertiary/aromatic N) is 3. The van der Waals surface area contributed by atoms with E-state index in [1.165, 1.54) is 58.6 Å². The summed E-state index contributed by atoms with van der Waals surface area (Å²) in [4.78, 5) is 9.55. The van der Waals surface area contributed by atoms with Gasteiger partial charge in [-0.15, -0.1) is 11.3 Å². The van der Waals surface area contributed by atoms with Gasteiger partial charge in [0.1, 0.15) is 11.1 Å². The SMILES string of the molecule is Clc1nc(-n2c3ccccc3c3c4ccc(-c5cccc(-c6ccccc6)c5)cc4c4c5ccccc5sc4c32)c2oc3ccccc3c2n1. The summed E-state index contributed by atoms with van der Waals surface area (Å²) in [7, 11) is 0. The zero-order valence-corrected chi connectivity index (χ0v) is 28.0. The maximum atomic E-state index is 6.73. The number of thiophene rings is 1. The van der Waals surface area contributed by atoms with Crippen LogP contribution in [0, 0.1) is 0 Å². The Morgan fingerprint density at radius 1 is 0.540 bits per heavy atom. The predicted octanol–water partition coefficient (Wildman–Crippen LogP) is 13.0. The Hall–Kier alpha value is -6.01. The number of furan rings is 1. The third kappa shape index (κ3) is 3.93. The average Bonchev–Trinajstić information content (AvgIpc) is 3.85. The van der Waals surface area contributed by atoms with Gasteiger partial charge < -0.3 is 4.42 Å². The average molecular weight is 678 g/mol. The first-order valence-corrected chi connectivity index (χ1v) is 17.7. The van der Waals surface area contributed by atoms with E-state index in [-0.39, 0.29) is 5.28 Å². The molecule has 0 aliphatic rings. The number of benzene rings is 7. The lowest BCUT2D eigenvalue weighted by atomic mass is 9.94. The van der Waals surface area contributed by atoms with Crippen LogP contribution in [0.3, 0.4) is 0 Å². The van der Waals surface area contributed by atoms with Crippen molar-refractivity contribution in [3.05, 3.63) is 151 Å². The molecule has 4 nitrogen and oxygen atoms in total. The Morgan fingerprint density at radius 3 is 2.12 bits per heavy atom. The monoisotopic (exact) mass is 677 g/mol. The van der Waals surface area contributed by atoms with Gasteiger partial charge in [-0.05, 0) is 81.0 Å². The first kappa shape index (κ1) is 27.9. The topological polar surface area (TPSA) is 43.9 Å². The standard InChI is InChI=1S/C44H24ClN3OS/c45-44-46-39-31-16-5-8-19-35(31)49-41(39)43(47-44)48-34-18-7-4-15-30(34)37-29-22-21-28(27-14-10-13-26(23-27)25-11-2-1-3-12-25)24-33(29)38-32-17-6-9-20-36(32)50-42(38)40(37)48/h1-24H. The minimum atomic E-state index is 0.181. The van der Waals surface area contributed by atoms with Gasteiger partial charge in [0.05, 0.1) is 15.7 Å². The van der Waals surface area contributed by atoms with Gasteiger partial charge in [-0.3, -0.25) is 4.57 Å². The quantitative estimate of drug-likeness (QED) is 0.175. The summed E-state index contributed by atoms with van der Waals surface area (Å²) in [5.74, 6) is 0.634. The molecule has 0 atom stereocenters. The van der Waals surface area contributed by atoms with E-state index in [4.69, 9.17) is 21.0 Å². The van der Waals surface area contributed by atoms with Crippen molar-refractivity contribution in [3.63, 3.8) is 0 Å². The van der Waals surface area contributed by atoms with E-state index in [2.05, 4.69) is 131 Å². The predicted molar refractivity (Wildman–Crippen MR) is 210 cm³/mol. The van der Waals surface area contributed by atoms with E-state index in [1.54, 1.807) is 0 Å². The van der Waals surface area contributed by atoms with Crippen molar-refractivity contribution < 1.29 is 4.42 Å². The molecule has 0 saturated carbocycles. The summed E-state index contributed by atoms with van der Waals surface area (Å²) in [6.07, 6.45) is 0. The Labute approximate surface area is 294 Å².